The number of rotatable bonds is 10. The van der Waals surface area contributed by atoms with Crippen molar-refractivity contribution < 1.29 is 48.7 Å². The van der Waals surface area contributed by atoms with Crippen molar-refractivity contribution in [3.63, 3.8) is 0 Å². The number of ether oxygens (including phenoxy) is 4. The van der Waals surface area contributed by atoms with Crippen molar-refractivity contribution in [2.75, 3.05) is 26.2 Å². The van der Waals surface area contributed by atoms with Gasteiger partial charge in [0.15, 0.2) is 6.10 Å². The fourth-order valence-electron chi connectivity index (χ4n) is 6.28. The van der Waals surface area contributed by atoms with Crippen LogP contribution in [0.25, 0.3) is 0 Å². The molecule has 13 heteroatoms. The second-order valence-electron chi connectivity index (χ2n) is 14.0. The van der Waals surface area contributed by atoms with E-state index in [1.165, 1.54) is 6.92 Å². The van der Waals surface area contributed by atoms with Crippen LogP contribution in [0.5, 0.6) is 0 Å². The molecule has 3 aliphatic rings. The first-order chi connectivity index (χ1) is 22.4. The Hall–Kier alpha value is -2.04. The molecule has 272 valence electrons. The van der Waals surface area contributed by atoms with Crippen LogP contribution in [-0.4, -0.2) is 115 Å². The average Bonchev–Trinajstić information content (AvgIpc) is 3.77. The van der Waals surface area contributed by atoms with Gasteiger partial charge in [0, 0.05) is 74.2 Å². The minimum absolute atomic E-state index is 0.0211. The van der Waals surface area contributed by atoms with Gasteiger partial charge in [-0.05, 0) is 51.7 Å². The van der Waals surface area contributed by atoms with Gasteiger partial charge in [0.25, 0.3) is 0 Å². The average molecular weight is 791 g/mol. The summed E-state index contributed by atoms with van der Waals surface area (Å²) in [5.41, 5.74) is -1.79. The SMILES string of the molecule is CC[C@H](O)[C@@H](C)[C@H]1O[C@@H]1CC(C)(O)/C=C/C=C(\C)[C@H]1OC(=O)C[C@H](O)CC[C@@](C)(OC(C)=O)[C@@H](OC(=O)N2CCN(I)CC2)/C=C/[C@@H]1C. The predicted molar refractivity (Wildman–Crippen MR) is 188 cm³/mol. The molecule has 3 rings (SSSR count). The number of cyclic esters (lactones) is 1. The summed E-state index contributed by atoms with van der Waals surface area (Å²) >= 11 is 2.22. The highest BCUT2D eigenvalue weighted by molar-refractivity contribution is 14.1. The molecule has 12 nitrogen and oxygen atoms in total. The standard InChI is InChI=1S/C35H55IN2O10/c1-8-27(41)24(4)32-28(45-32)21-34(6,44)14-9-10-22(2)31-23(3)11-12-29(46-33(43)37-16-18-38(36)19-17-37)35(7,48-25(5)39)15-13-26(40)20-30(42)47-31/h9-12,14,23-24,26-29,31-32,40-41,44H,8,13,15-21H2,1-7H3/b12-11+,14-9+,22-10+/t23-,24+,26+,27-,28+,29-,31+,32+,34?,35+/m0/s1. The number of epoxide rings is 1. The molecule has 0 aromatic carbocycles. The van der Waals surface area contributed by atoms with E-state index >= 15 is 0 Å². The van der Waals surface area contributed by atoms with Gasteiger partial charge < -0.3 is 39.2 Å². The Kier molecular flexibility index (Phi) is 14.9. The van der Waals surface area contributed by atoms with E-state index in [9.17, 15) is 29.7 Å². The summed E-state index contributed by atoms with van der Waals surface area (Å²) in [5.74, 6) is -1.57. The molecule has 2 saturated heterocycles. The van der Waals surface area contributed by atoms with Gasteiger partial charge in [-0.2, -0.15) is 0 Å². The van der Waals surface area contributed by atoms with Gasteiger partial charge in [-0.25, -0.2) is 7.91 Å². The first kappa shape index (κ1) is 40.4. The lowest BCUT2D eigenvalue weighted by molar-refractivity contribution is -0.168. The number of allylic oxidation sites excluding steroid dienone is 2. The first-order valence-electron chi connectivity index (χ1n) is 17.0. The van der Waals surface area contributed by atoms with Gasteiger partial charge in [-0.3, -0.25) is 9.59 Å². The van der Waals surface area contributed by atoms with Crippen LogP contribution in [0.4, 0.5) is 4.79 Å². The van der Waals surface area contributed by atoms with Crippen molar-refractivity contribution in [1.82, 2.24) is 8.01 Å². The summed E-state index contributed by atoms with van der Waals surface area (Å²) in [4.78, 5) is 40.1. The smallest absolute Gasteiger partial charge is 0.410 e. The van der Waals surface area contributed by atoms with E-state index in [1.54, 1.807) is 49.1 Å². The molecule has 3 N–H and O–H groups in total. The van der Waals surface area contributed by atoms with E-state index in [-0.39, 0.29) is 37.4 Å². The molecule has 0 radical (unpaired) electrons. The zero-order chi connectivity index (χ0) is 35.8. The molecular weight excluding hydrogens is 735 g/mol. The van der Waals surface area contributed by atoms with Crippen molar-refractivity contribution in [2.24, 2.45) is 11.8 Å². The number of esters is 2. The highest BCUT2D eigenvalue weighted by Gasteiger charge is 2.47. The molecule has 3 aliphatic heterocycles. The maximum Gasteiger partial charge on any atom is 0.410 e. The minimum Gasteiger partial charge on any atom is -0.457 e. The third kappa shape index (κ3) is 12.1. The zero-order valence-corrected chi connectivity index (χ0v) is 31.5. The minimum atomic E-state index is -1.31. The number of nitrogens with zero attached hydrogens (tertiary/aromatic N) is 2. The van der Waals surface area contributed by atoms with Gasteiger partial charge >= 0.3 is 18.0 Å². The number of piperazine rings is 1. The third-order valence-corrected chi connectivity index (χ3v) is 10.4. The number of hydrogen-bond donors (Lipinski definition) is 3. The Labute approximate surface area is 299 Å². The predicted octanol–water partition coefficient (Wildman–Crippen LogP) is 4.25. The normalized spacial score (nSPS) is 34.2. The zero-order valence-electron chi connectivity index (χ0n) is 29.3. The van der Waals surface area contributed by atoms with Crippen LogP contribution in [0.15, 0.2) is 36.0 Å². The number of carbonyl (C=O) groups is 3. The maximum absolute atomic E-state index is 13.3. The molecule has 3 heterocycles. The molecule has 2 fully saturated rings. The fraction of sp³-hybridized carbons (Fsp3) is 0.743. The van der Waals surface area contributed by atoms with Crippen LogP contribution < -0.4 is 0 Å². The van der Waals surface area contributed by atoms with Crippen molar-refractivity contribution in [3.05, 3.63) is 36.0 Å². The van der Waals surface area contributed by atoms with E-state index < -0.39 is 59.6 Å². The highest BCUT2D eigenvalue weighted by Crippen LogP contribution is 2.38. The van der Waals surface area contributed by atoms with Crippen molar-refractivity contribution in [1.29, 1.82) is 0 Å². The van der Waals surface area contributed by atoms with Crippen LogP contribution in [0.1, 0.15) is 80.6 Å². The Balaban J connectivity index is 1.82. The van der Waals surface area contributed by atoms with Gasteiger partial charge in [0.1, 0.15) is 11.7 Å². The van der Waals surface area contributed by atoms with Crippen molar-refractivity contribution >= 4 is 40.9 Å². The van der Waals surface area contributed by atoms with Crippen LogP contribution in [0.3, 0.4) is 0 Å². The summed E-state index contributed by atoms with van der Waals surface area (Å²) in [7, 11) is 0. The number of amides is 1. The van der Waals surface area contributed by atoms with Gasteiger partial charge in [0.2, 0.25) is 0 Å². The number of carbonyl (C=O) groups excluding carboxylic acids is 3. The van der Waals surface area contributed by atoms with Crippen LogP contribution >= 0.6 is 22.9 Å². The largest absolute Gasteiger partial charge is 0.457 e. The summed E-state index contributed by atoms with van der Waals surface area (Å²) in [5, 5.41) is 31.9. The van der Waals surface area contributed by atoms with E-state index in [4.69, 9.17) is 18.9 Å². The van der Waals surface area contributed by atoms with Gasteiger partial charge in [-0.15, -0.1) is 0 Å². The number of aliphatic hydroxyl groups excluding tert-OH is 2. The summed E-state index contributed by atoms with van der Waals surface area (Å²) in [6.45, 7) is 14.6. The van der Waals surface area contributed by atoms with E-state index in [1.807, 2.05) is 27.7 Å². The molecule has 0 aromatic rings. The van der Waals surface area contributed by atoms with Crippen molar-refractivity contribution in [2.45, 2.75) is 128 Å². The van der Waals surface area contributed by atoms with E-state index in [0.29, 0.717) is 44.6 Å². The summed E-state index contributed by atoms with van der Waals surface area (Å²) in [6.07, 6.45) is 5.56. The van der Waals surface area contributed by atoms with Crippen LogP contribution in [-0.2, 0) is 28.5 Å². The van der Waals surface area contributed by atoms with E-state index in [0.717, 1.165) is 0 Å². The Bertz CT molecular complexity index is 1200. The molecule has 1 unspecified atom stereocenters. The molecule has 10 atom stereocenters. The fourth-order valence-corrected chi connectivity index (χ4v) is 6.71. The molecule has 0 bridgehead atoms. The lowest BCUT2D eigenvalue weighted by atomic mass is 9.88. The third-order valence-electron chi connectivity index (χ3n) is 9.43. The summed E-state index contributed by atoms with van der Waals surface area (Å²) < 4.78 is 25.5. The topological polar surface area (TPSA) is 159 Å². The highest BCUT2D eigenvalue weighted by atomic mass is 127. The second kappa shape index (κ2) is 17.8. The number of aliphatic hydroxyl groups is 3. The number of hydrogen-bond acceptors (Lipinski definition) is 11. The van der Waals surface area contributed by atoms with E-state index in [2.05, 4.69) is 26.0 Å². The molecule has 1 amide bonds. The maximum atomic E-state index is 13.3. The monoisotopic (exact) mass is 790 g/mol. The van der Waals surface area contributed by atoms with Crippen molar-refractivity contribution in [3.8, 4) is 0 Å². The second-order valence-corrected chi connectivity index (χ2v) is 15.3. The quantitative estimate of drug-likeness (QED) is 0.0553. The molecule has 0 spiro atoms. The lowest BCUT2D eigenvalue weighted by Gasteiger charge is -2.38. The Morgan fingerprint density at radius 2 is 1.90 bits per heavy atom. The molecule has 0 aromatic heterocycles. The lowest BCUT2D eigenvalue weighted by Crippen LogP contribution is -2.50. The summed E-state index contributed by atoms with van der Waals surface area (Å²) in [6, 6.07) is 0. The van der Waals surface area contributed by atoms with Gasteiger partial charge in [-0.1, -0.05) is 45.1 Å². The van der Waals surface area contributed by atoms with Crippen LogP contribution in [0.2, 0.25) is 0 Å². The number of halogens is 1. The molecule has 0 aliphatic carbocycles. The van der Waals surface area contributed by atoms with Gasteiger partial charge in [0.05, 0.1) is 36.4 Å². The van der Waals surface area contributed by atoms with Crippen LogP contribution in [0, 0.1) is 11.8 Å². The Morgan fingerprint density at radius 1 is 1.23 bits per heavy atom. The molecule has 0 saturated carbocycles. The Morgan fingerprint density at radius 3 is 2.52 bits per heavy atom. The first-order valence-corrected chi connectivity index (χ1v) is 17.9. The molecule has 48 heavy (non-hydrogen) atoms. The molecular formula is C35H55IN2O10.